The van der Waals surface area contributed by atoms with Crippen molar-refractivity contribution in [2.24, 2.45) is 0 Å². The van der Waals surface area contributed by atoms with Crippen LogP contribution in [-0.4, -0.2) is 23.1 Å². The van der Waals surface area contributed by atoms with Crippen LogP contribution in [0.3, 0.4) is 0 Å². The van der Waals surface area contributed by atoms with Crippen molar-refractivity contribution in [2.45, 2.75) is 12.3 Å². The first-order chi connectivity index (χ1) is 9.70. The molecule has 0 radical (unpaired) electrons. The number of hydrogen-bond acceptors (Lipinski definition) is 4. The van der Waals surface area contributed by atoms with Crippen LogP contribution >= 0.6 is 24.2 Å². The Balaban J connectivity index is 2.06. The molecule has 0 aliphatic carbocycles. The summed E-state index contributed by atoms with van der Waals surface area (Å²) in [7, 11) is 0. The standard InChI is InChI=1S/C15H16ClN3S/c1-2-18-10-19(12-7-5-11(16)6-8-12)14-13(15(18)20)4-3-9-17-14/h3-9,15,20H,2,10H2,1H3. The molecule has 0 saturated heterocycles. The average Bonchev–Trinajstić information content (AvgIpc) is 2.49. The third-order valence-corrected chi connectivity index (χ3v) is 4.42. The van der Waals surface area contributed by atoms with Gasteiger partial charge >= 0.3 is 0 Å². The highest BCUT2D eigenvalue weighted by molar-refractivity contribution is 7.80. The lowest BCUT2D eigenvalue weighted by atomic mass is 10.1. The van der Waals surface area contributed by atoms with Crippen molar-refractivity contribution in [3.63, 3.8) is 0 Å². The van der Waals surface area contributed by atoms with E-state index < -0.39 is 0 Å². The molecule has 0 amide bonds. The van der Waals surface area contributed by atoms with Gasteiger partial charge in [0.25, 0.3) is 0 Å². The second-order valence-electron chi connectivity index (χ2n) is 4.74. The van der Waals surface area contributed by atoms with Gasteiger partial charge in [-0.3, -0.25) is 4.90 Å². The molecule has 1 aromatic carbocycles. The van der Waals surface area contributed by atoms with Crippen LogP contribution in [0.5, 0.6) is 0 Å². The quantitative estimate of drug-likeness (QED) is 0.843. The molecule has 2 heterocycles. The van der Waals surface area contributed by atoms with Gasteiger partial charge in [0.15, 0.2) is 0 Å². The Morgan fingerprint density at radius 1 is 1.30 bits per heavy atom. The molecule has 3 rings (SSSR count). The number of fused-ring (bicyclic) bond motifs is 1. The van der Waals surface area contributed by atoms with Crippen LogP contribution in [0.25, 0.3) is 0 Å². The van der Waals surface area contributed by atoms with Crippen molar-refractivity contribution < 1.29 is 0 Å². The van der Waals surface area contributed by atoms with E-state index in [1.54, 1.807) is 0 Å². The molecule has 2 aromatic rings. The van der Waals surface area contributed by atoms with Crippen molar-refractivity contribution in [1.29, 1.82) is 0 Å². The molecule has 104 valence electrons. The lowest BCUT2D eigenvalue weighted by Gasteiger charge is -2.40. The van der Waals surface area contributed by atoms with E-state index in [0.29, 0.717) is 0 Å². The fourth-order valence-corrected chi connectivity index (χ4v) is 3.02. The molecule has 1 atom stereocenters. The van der Waals surface area contributed by atoms with Crippen LogP contribution < -0.4 is 4.90 Å². The highest BCUT2D eigenvalue weighted by Gasteiger charge is 2.29. The molecule has 1 aromatic heterocycles. The zero-order valence-electron chi connectivity index (χ0n) is 11.2. The molecule has 0 fully saturated rings. The Morgan fingerprint density at radius 3 is 2.75 bits per heavy atom. The van der Waals surface area contributed by atoms with E-state index >= 15 is 0 Å². The smallest absolute Gasteiger partial charge is 0.139 e. The van der Waals surface area contributed by atoms with Crippen molar-refractivity contribution in [2.75, 3.05) is 18.1 Å². The minimum absolute atomic E-state index is 0.0900. The van der Waals surface area contributed by atoms with Gasteiger partial charge < -0.3 is 4.90 Å². The van der Waals surface area contributed by atoms with E-state index in [1.165, 1.54) is 0 Å². The van der Waals surface area contributed by atoms with E-state index in [9.17, 15) is 0 Å². The zero-order chi connectivity index (χ0) is 14.1. The monoisotopic (exact) mass is 305 g/mol. The minimum Gasteiger partial charge on any atom is -0.313 e. The maximum absolute atomic E-state index is 5.97. The molecule has 1 unspecified atom stereocenters. The largest absolute Gasteiger partial charge is 0.313 e. The number of pyridine rings is 1. The van der Waals surface area contributed by atoms with Gasteiger partial charge in [0.2, 0.25) is 0 Å². The minimum atomic E-state index is 0.0900. The van der Waals surface area contributed by atoms with E-state index in [1.807, 2.05) is 36.5 Å². The Bertz CT molecular complexity index is 602. The third kappa shape index (κ3) is 2.39. The van der Waals surface area contributed by atoms with Crippen molar-refractivity contribution in [3.05, 3.63) is 53.2 Å². The van der Waals surface area contributed by atoms with Crippen LogP contribution in [0, 0.1) is 0 Å². The normalized spacial score (nSPS) is 18.9. The lowest BCUT2D eigenvalue weighted by Crippen LogP contribution is -2.41. The molecule has 0 spiro atoms. The molecule has 3 nitrogen and oxygen atoms in total. The number of rotatable bonds is 2. The van der Waals surface area contributed by atoms with Crippen LogP contribution in [0.4, 0.5) is 11.5 Å². The third-order valence-electron chi connectivity index (χ3n) is 3.56. The van der Waals surface area contributed by atoms with E-state index in [4.69, 9.17) is 24.2 Å². The summed E-state index contributed by atoms with van der Waals surface area (Å²) >= 11 is 10.7. The van der Waals surface area contributed by atoms with Gasteiger partial charge in [-0.05, 0) is 36.9 Å². The van der Waals surface area contributed by atoms with E-state index in [2.05, 4.69) is 27.8 Å². The number of aromatic nitrogens is 1. The van der Waals surface area contributed by atoms with Gasteiger partial charge in [-0.2, -0.15) is 12.6 Å². The Kier molecular flexibility index (Phi) is 3.87. The van der Waals surface area contributed by atoms with Gasteiger partial charge in [0.05, 0.1) is 12.0 Å². The van der Waals surface area contributed by atoms with E-state index in [-0.39, 0.29) is 5.37 Å². The highest BCUT2D eigenvalue weighted by atomic mass is 35.5. The summed E-state index contributed by atoms with van der Waals surface area (Å²) in [4.78, 5) is 9.03. The van der Waals surface area contributed by atoms with Gasteiger partial charge in [0, 0.05) is 22.5 Å². The summed E-state index contributed by atoms with van der Waals surface area (Å²) in [6.45, 7) is 3.85. The molecule has 0 bridgehead atoms. The molecule has 1 aliphatic rings. The first-order valence-electron chi connectivity index (χ1n) is 6.61. The van der Waals surface area contributed by atoms with Crippen molar-refractivity contribution in [1.82, 2.24) is 9.88 Å². The number of hydrogen-bond donors (Lipinski definition) is 1. The van der Waals surface area contributed by atoms with Crippen LogP contribution in [0.2, 0.25) is 5.02 Å². The van der Waals surface area contributed by atoms with Crippen molar-refractivity contribution >= 4 is 35.7 Å². The lowest BCUT2D eigenvalue weighted by molar-refractivity contribution is 0.267. The number of thiol groups is 1. The van der Waals surface area contributed by atoms with Gasteiger partial charge in [0.1, 0.15) is 5.82 Å². The molecule has 20 heavy (non-hydrogen) atoms. The van der Waals surface area contributed by atoms with E-state index in [0.717, 1.165) is 35.3 Å². The number of nitrogens with zero attached hydrogens (tertiary/aromatic N) is 3. The topological polar surface area (TPSA) is 19.4 Å². The number of benzene rings is 1. The molecule has 0 saturated carbocycles. The summed E-state index contributed by atoms with van der Waals surface area (Å²) in [6.07, 6.45) is 1.82. The first-order valence-corrected chi connectivity index (χ1v) is 7.50. The molecular formula is C15H16ClN3S. The average molecular weight is 306 g/mol. The number of anilines is 2. The van der Waals surface area contributed by atoms with Gasteiger partial charge in [-0.25, -0.2) is 4.98 Å². The molecule has 0 N–H and O–H groups in total. The van der Waals surface area contributed by atoms with Crippen LogP contribution in [-0.2, 0) is 0 Å². The summed E-state index contributed by atoms with van der Waals surface area (Å²) in [5, 5.41) is 0.832. The fourth-order valence-electron chi connectivity index (χ4n) is 2.46. The maximum Gasteiger partial charge on any atom is 0.139 e. The fraction of sp³-hybridized carbons (Fsp3) is 0.267. The summed E-state index contributed by atoms with van der Waals surface area (Å²) in [6, 6.07) is 11.9. The number of halogens is 1. The summed E-state index contributed by atoms with van der Waals surface area (Å²) in [5.41, 5.74) is 2.23. The van der Waals surface area contributed by atoms with Gasteiger partial charge in [-0.1, -0.05) is 24.6 Å². The Labute approximate surface area is 129 Å². The zero-order valence-corrected chi connectivity index (χ0v) is 12.9. The van der Waals surface area contributed by atoms with Gasteiger partial charge in [-0.15, -0.1) is 0 Å². The second kappa shape index (κ2) is 5.64. The first kappa shape index (κ1) is 13.7. The molecule has 1 aliphatic heterocycles. The second-order valence-corrected chi connectivity index (χ2v) is 5.67. The summed E-state index contributed by atoms with van der Waals surface area (Å²) in [5.74, 6) is 0.972. The van der Waals surface area contributed by atoms with Crippen LogP contribution in [0.15, 0.2) is 42.6 Å². The van der Waals surface area contributed by atoms with Crippen molar-refractivity contribution in [3.8, 4) is 0 Å². The Hall–Kier alpha value is -1.23. The predicted molar refractivity (Wildman–Crippen MR) is 86.8 cm³/mol. The maximum atomic E-state index is 5.97. The SMILES string of the molecule is CCN1CN(c2ccc(Cl)cc2)c2ncccc2C1S. The van der Waals surface area contributed by atoms with Crippen LogP contribution in [0.1, 0.15) is 17.9 Å². The molecular weight excluding hydrogens is 290 g/mol. The highest BCUT2D eigenvalue weighted by Crippen LogP contribution is 2.39. The molecule has 5 heteroatoms. The summed E-state index contributed by atoms with van der Waals surface area (Å²) < 4.78 is 0. The predicted octanol–water partition coefficient (Wildman–Crippen LogP) is 4.09. The Morgan fingerprint density at radius 2 is 2.05 bits per heavy atom.